The number of alkyl halides is 3. The van der Waals surface area contributed by atoms with Gasteiger partial charge in [-0.15, -0.1) is 0 Å². The maximum absolute atomic E-state index is 12.7. The summed E-state index contributed by atoms with van der Waals surface area (Å²) >= 11 is 0. The maximum atomic E-state index is 12.7. The van der Waals surface area contributed by atoms with Crippen LogP contribution in [-0.2, 0) is 26.0 Å². The average molecular weight is 458 g/mol. The van der Waals surface area contributed by atoms with Crippen LogP contribution in [0.15, 0.2) is 59.5 Å². The van der Waals surface area contributed by atoms with Gasteiger partial charge in [0, 0.05) is 5.56 Å². The molecule has 0 saturated heterocycles. The Labute approximate surface area is 177 Å². The number of sulfonamides is 1. The number of benzene rings is 2. The van der Waals surface area contributed by atoms with Crippen molar-refractivity contribution in [3.8, 4) is 0 Å². The lowest BCUT2D eigenvalue weighted by Gasteiger charge is -2.18. The van der Waals surface area contributed by atoms with Crippen LogP contribution in [0.3, 0.4) is 0 Å². The molecule has 168 valence electrons. The molecule has 1 amide bonds. The van der Waals surface area contributed by atoms with Crippen LogP contribution in [-0.4, -0.2) is 45.7 Å². The summed E-state index contributed by atoms with van der Waals surface area (Å²) < 4.78 is 69.3. The number of nitrogens with one attached hydrogen (secondary N) is 2. The zero-order valence-electron chi connectivity index (χ0n) is 16.5. The van der Waals surface area contributed by atoms with Crippen molar-refractivity contribution < 1.29 is 35.9 Å². The predicted octanol–water partition coefficient (Wildman–Crippen LogP) is 2.43. The Morgan fingerprint density at radius 3 is 2.19 bits per heavy atom. The molecule has 0 saturated carbocycles. The van der Waals surface area contributed by atoms with Gasteiger partial charge in [0.15, 0.2) is 0 Å². The van der Waals surface area contributed by atoms with Crippen molar-refractivity contribution in [2.24, 2.45) is 0 Å². The number of hydrogen-bond donors (Lipinski definition) is 2. The van der Waals surface area contributed by atoms with E-state index in [0.717, 1.165) is 24.3 Å². The monoisotopic (exact) mass is 458 g/mol. The first kappa shape index (κ1) is 24.4. The SMILES string of the molecule is CCOC(=O)C(Cc1ccccc1)NS(=O)(=O)c1ccc(C(=O)NCC(F)(F)F)cc1. The second-order valence-electron chi connectivity index (χ2n) is 6.44. The first-order chi connectivity index (χ1) is 14.5. The predicted molar refractivity (Wildman–Crippen MR) is 106 cm³/mol. The van der Waals surface area contributed by atoms with Crippen LogP contribution in [0.5, 0.6) is 0 Å². The maximum Gasteiger partial charge on any atom is 0.405 e. The Bertz CT molecular complexity index is 994. The lowest BCUT2D eigenvalue weighted by atomic mass is 10.1. The van der Waals surface area contributed by atoms with Crippen molar-refractivity contribution in [2.45, 2.75) is 30.5 Å². The van der Waals surface area contributed by atoms with E-state index in [0.29, 0.717) is 5.56 Å². The van der Waals surface area contributed by atoms with Crippen LogP contribution < -0.4 is 10.0 Å². The summed E-state index contributed by atoms with van der Waals surface area (Å²) in [5, 5.41) is 1.70. The second kappa shape index (κ2) is 10.4. The molecule has 0 radical (unpaired) electrons. The van der Waals surface area contributed by atoms with E-state index >= 15 is 0 Å². The van der Waals surface area contributed by atoms with E-state index in [4.69, 9.17) is 4.74 Å². The number of carbonyl (C=O) groups excluding carboxylic acids is 2. The van der Waals surface area contributed by atoms with Crippen molar-refractivity contribution in [1.82, 2.24) is 10.0 Å². The summed E-state index contributed by atoms with van der Waals surface area (Å²) in [5.74, 6) is -1.75. The van der Waals surface area contributed by atoms with Gasteiger partial charge in [-0.3, -0.25) is 9.59 Å². The third-order valence-corrected chi connectivity index (χ3v) is 5.51. The number of ether oxygens (including phenoxy) is 1. The Morgan fingerprint density at radius 1 is 1.03 bits per heavy atom. The van der Waals surface area contributed by atoms with Gasteiger partial charge in [0.05, 0.1) is 11.5 Å². The molecule has 0 aliphatic carbocycles. The van der Waals surface area contributed by atoms with E-state index in [1.807, 2.05) is 0 Å². The normalized spacial score (nSPS) is 12.8. The summed E-state index contributed by atoms with van der Waals surface area (Å²) in [4.78, 5) is 23.8. The Balaban J connectivity index is 2.15. The molecule has 1 atom stereocenters. The van der Waals surface area contributed by atoms with E-state index in [1.165, 1.54) is 0 Å². The van der Waals surface area contributed by atoms with Crippen LogP contribution in [0.4, 0.5) is 13.2 Å². The Hall–Kier alpha value is -2.92. The van der Waals surface area contributed by atoms with Gasteiger partial charge < -0.3 is 10.1 Å². The molecular weight excluding hydrogens is 437 g/mol. The van der Waals surface area contributed by atoms with E-state index in [2.05, 4.69) is 4.72 Å². The smallest absolute Gasteiger partial charge is 0.405 e. The van der Waals surface area contributed by atoms with Gasteiger partial charge in [0.1, 0.15) is 12.6 Å². The van der Waals surface area contributed by atoms with Crippen LogP contribution in [0.1, 0.15) is 22.8 Å². The molecule has 11 heteroatoms. The summed E-state index contributed by atoms with van der Waals surface area (Å²) in [6.07, 6.45) is -4.51. The molecule has 0 spiro atoms. The van der Waals surface area contributed by atoms with Gasteiger partial charge in [-0.2, -0.15) is 17.9 Å². The molecule has 1 unspecified atom stereocenters. The molecule has 31 heavy (non-hydrogen) atoms. The van der Waals surface area contributed by atoms with Crippen LogP contribution in [0.25, 0.3) is 0 Å². The Morgan fingerprint density at radius 2 is 1.65 bits per heavy atom. The molecule has 0 fully saturated rings. The fraction of sp³-hybridized carbons (Fsp3) is 0.300. The van der Waals surface area contributed by atoms with Crippen molar-refractivity contribution in [2.75, 3.05) is 13.2 Å². The highest BCUT2D eigenvalue weighted by molar-refractivity contribution is 7.89. The molecule has 0 bridgehead atoms. The summed E-state index contributed by atoms with van der Waals surface area (Å²) in [6, 6.07) is 11.8. The van der Waals surface area contributed by atoms with Crippen molar-refractivity contribution >= 4 is 21.9 Å². The summed E-state index contributed by atoms with van der Waals surface area (Å²) in [6.45, 7) is 0.149. The zero-order valence-corrected chi connectivity index (χ0v) is 17.3. The van der Waals surface area contributed by atoms with E-state index in [9.17, 15) is 31.2 Å². The highest BCUT2D eigenvalue weighted by Gasteiger charge is 2.29. The molecule has 2 aromatic rings. The quantitative estimate of drug-likeness (QED) is 0.562. The molecule has 0 aromatic heterocycles. The van der Waals surface area contributed by atoms with Gasteiger partial charge in [-0.05, 0) is 43.2 Å². The first-order valence-corrected chi connectivity index (χ1v) is 10.7. The summed E-state index contributed by atoms with van der Waals surface area (Å²) in [5.41, 5.74) is 0.564. The number of hydrogen-bond acceptors (Lipinski definition) is 5. The van der Waals surface area contributed by atoms with Gasteiger partial charge in [-0.1, -0.05) is 30.3 Å². The molecule has 0 aliphatic rings. The minimum absolute atomic E-state index is 0.0524. The minimum Gasteiger partial charge on any atom is -0.465 e. The van der Waals surface area contributed by atoms with E-state index < -0.39 is 40.7 Å². The third-order valence-electron chi connectivity index (χ3n) is 4.03. The Kier molecular flexibility index (Phi) is 8.17. The fourth-order valence-electron chi connectivity index (χ4n) is 2.59. The molecule has 2 rings (SSSR count). The van der Waals surface area contributed by atoms with Crippen LogP contribution in [0.2, 0.25) is 0 Å². The second-order valence-corrected chi connectivity index (χ2v) is 8.15. The number of esters is 1. The number of amides is 1. The van der Waals surface area contributed by atoms with Gasteiger partial charge in [0.25, 0.3) is 5.91 Å². The van der Waals surface area contributed by atoms with Crippen molar-refractivity contribution in [1.29, 1.82) is 0 Å². The van der Waals surface area contributed by atoms with Gasteiger partial charge in [-0.25, -0.2) is 8.42 Å². The van der Waals surface area contributed by atoms with Crippen LogP contribution in [0, 0.1) is 0 Å². The highest BCUT2D eigenvalue weighted by atomic mass is 32.2. The summed E-state index contributed by atoms with van der Waals surface area (Å²) in [7, 11) is -4.18. The lowest BCUT2D eigenvalue weighted by molar-refractivity contribution is -0.145. The van der Waals surface area contributed by atoms with E-state index in [-0.39, 0.29) is 23.5 Å². The molecular formula is C20H21F3N2O5S. The molecule has 2 N–H and O–H groups in total. The standard InChI is InChI=1S/C20H21F3N2O5S/c1-2-30-19(27)17(12-14-6-4-3-5-7-14)25-31(28,29)16-10-8-15(9-11-16)18(26)24-13-20(21,22)23/h3-11,17,25H,2,12-13H2,1H3,(H,24,26). The largest absolute Gasteiger partial charge is 0.465 e. The van der Waals surface area contributed by atoms with Crippen molar-refractivity contribution in [3.05, 3.63) is 65.7 Å². The van der Waals surface area contributed by atoms with Gasteiger partial charge >= 0.3 is 12.1 Å². The van der Waals surface area contributed by atoms with Gasteiger partial charge in [0.2, 0.25) is 10.0 Å². The molecule has 0 heterocycles. The van der Waals surface area contributed by atoms with Crippen LogP contribution >= 0.6 is 0 Å². The fourth-order valence-corrected chi connectivity index (χ4v) is 3.77. The minimum atomic E-state index is -4.57. The molecule has 7 nitrogen and oxygen atoms in total. The van der Waals surface area contributed by atoms with Crippen molar-refractivity contribution in [3.63, 3.8) is 0 Å². The average Bonchev–Trinajstić information content (AvgIpc) is 2.72. The zero-order chi connectivity index (χ0) is 23.1. The third kappa shape index (κ3) is 7.68. The molecule has 2 aromatic carbocycles. The number of halogens is 3. The van der Waals surface area contributed by atoms with E-state index in [1.54, 1.807) is 42.6 Å². The number of rotatable bonds is 9. The lowest BCUT2D eigenvalue weighted by Crippen LogP contribution is -2.43. The topological polar surface area (TPSA) is 102 Å². The first-order valence-electron chi connectivity index (χ1n) is 9.19. The number of carbonyl (C=O) groups is 2. The molecule has 0 aliphatic heterocycles. The highest BCUT2D eigenvalue weighted by Crippen LogP contribution is 2.15.